The van der Waals surface area contributed by atoms with Gasteiger partial charge in [-0.3, -0.25) is 9.59 Å². The molecule has 1 saturated carbocycles. The highest BCUT2D eigenvalue weighted by atomic mass is 19.1. The van der Waals surface area contributed by atoms with Crippen LogP contribution in [0.2, 0.25) is 0 Å². The number of aromatic nitrogens is 1. The standard InChI is InChI=1S/C22H28FN3O2/c1-16(2)13-25(14-20-8-5-11-24(20)3)21(27)15-26(19-9-10-19)22(28)17-6-4-7-18(23)12-17/h4-8,11-12,16,19H,9-10,13-15H2,1-3H3. The molecule has 1 aromatic carbocycles. The molecule has 0 N–H and O–H groups in total. The maximum absolute atomic E-state index is 13.5. The van der Waals surface area contributed by atoms with Crippen LogP contribution in [0, 0.1) is 11.7 Å². The minimum Gasteiger partial charge on any atom is -0.353 e. The van der Waals surface area contributed by atoms with Crippen LogP contribution in [0.1, 0.15) is 42.7 Å². The van der Waals surface area contributed by atoms with Crippen molar-refractivity contribution in [3.63, 3.8) is 0 Å². The molecule has 28 heavy (non-hydrogen) atoms. The molecular weight excluding hydrogens is 357 g/mol. The molecule has 0 spiro atoms. The lowest BCUT2D eigenvalue weighted by atomic mass is 10.1. The van der Waals surface area contributed by atoms with Crippen molar-refractivity contribution >= 4 is 11.8 Å². The maximum Gasteiger partial charge on any atom is 0.254 e. The second-order valence-electron chi connectivity index (χ2n) is 7.95. The van der Waals surface area contributed by atoms with Crippen LogP contribution in [0.3, 0.4) is 0 Å². The smallest absolute Gasteiger partial charge is 0.254 e. The highest BCUT2D eigenvalue weighted by Crippen LogP contribution is 2.28. The van der Waals surface area contributed by atoms with E-state index in [1.54, 1.807) is 11.0 Å². The molecule has 3 rings (SSSR count). The fourth-order valence-electron chi connectivity index (χ4n) is 3.34. The number of carbonyl (C=O) groups is 2. The predicted octanol–water partition coefficient (Wildman–Crippen LogP) is 3.45. The van der Waals surface area contributed by atoms with Gasteiger partial charge in [0, 0.05) is 37.1 Å². The van der Waals surface area contributed by atoms with E-state index in [4.69, 9.17) is 0 Å². The molecule has 0 aliphatic heterocycles. The zero-order valence-corrected chi connectivity index (χ0v) is 16.8. The Hall–Kier alpha value is -2.63. The topological polar surface area (TPSA) is 45.6 Å². The number of hydrogen-bond donors (Lipinski definition) is 0. The van der Waals surface area contributed by atoms with E-state index in [9.17, 15) is 14.0 Å². The summed E-state index contributed by atoms with van der Waals surface area (Å²) in [5, 5.41) is 0. The van der Waals surface area contributed by atoms with Crippen LogP contribution in [-0.4, -0.2) is 45.3 Å². The average Bonchev–Trinajstić information content (AvgIpc) is 3.41. The first kappa shape index (κ1) is 20.1. The average molecular weight is 385 g/mol. The summed E-state index contributed by atoms with van der Waals surface area (Å²) in [7, 11) is 1.96. The summed E-state index contributed by atoms with van der Waals surface area (Å²) in [5.74, 6) is -0.485. The fraction of sp³-hybridized carbons (Fsp3) is 0.455. The molecule has 1 aliphatic carbocycles. The summed E-state index contributed by atoms with van der Waals surface area (Å²) in [6, 6.07) is 9.69. The van der Waals surface area contributed by atoms with Gasteiger partial charge >= 0.3 is 0 Å². The van der Waals surface area contributed by atoms with Gasteiger partial charge in [0.25, 0.3) is 5.91 Å². The summed E-state index contributed by atoms with van der Waals surface area (Å²) in [5.41, 5.74) is 1.33. The van der Waals surface area contributed by atoms with Crippen LogP contribution in [-0.2, 0) is 18.4 Å². The van der Waals surface area contributed by atoms with Crippen LogP contribution < -0.4 is 0 Å². The Labute approximate surface area is 165 Å². The van der Waals surface area contributed by atoms with Crippen molar-refractivity contribution in [2.45, 2.75) is 39.3 Å². The number of amides is 2. The van der Waals surface area contributed by atoms with E-state index in [0.29, 0.717) is 19.0 Å². The van der Waals surface area contributed by atoms with Gasteiger partial charge in [-0.25, -0.2) is 4.39 Å². The zero-order chi connectivity index (χ0) is 20.3. The van der Waals surface area contributed by atoms with Gasteiger partial charge in [0.15, 0.2) is 0 Å². The third-order valence-electron chi connectivity index (χ3n) is 4.97. The van der Waals surface area contributed by atoms with Crippen molar-refractivity contribution in [1.82, 2.24) is 14.4 Å². The number of carbonyl (C=O) groups excluding carboxylic acids is 2. The summed E-state index contributed by atoms with van der Waals surface area (Å²) in [6.07, 6.45) is 3.73. The molecule has 2 aromatic rings. The van der Waals surface area contributed by atoms with Gasteiger partial charge in [0.2, 0.25) is 5.91 Å². The molecule has 0 bridgehead atoms. The quantitative estimate of drug-likeness (QED) is 0.699. The molecule has 0 radical (unpaired) electrons. The summed E-state index contributed by atoms with van der Waals surface area (Å²) in [6.45, 7) is 5.30. The normalized spacial score (nSPS) is 13.6. The maximum atomic E-state index is 13.5. The lowest BCUT2D eigenvalue weighted by Gasteiger charge is -2.29. The van der Waals surface area contributed by atoms with Crippen molar-refractivity contribution in [1.29, 1.82) is 0 Å². The van der Waals surface area contributed by atoms with Crippen LogP contribution in [0.15, 0.2) is 42.6 Å². The summed E-state index contributed by atoms with van der Waals surface area (Å²) in [4.78, 5) is 29.4. The zero-order valence-electron chi connectivity index (χ0n) is 16.8. The second-order valence-corrected chi connectivity index (χ2v) is 7.95. The SMILES string of the molecule is CC(C)CN(Cc1cccn1C)C(=O)CN(C(=O)c1cccc(F)c1)C1CC1. The van der Waals surface area contributed by atoms with E-state index in [2.05, 4.69) is 13.8 Å². The summed E-state index contributed by atoms with van der Waals surface area (Å²) >= 11 is 0. The molecule has 1 heterocycles. The third-order valence-corrected chi connectivity index (χ3v) is 4.97. The van der Waals surface area contributed by atoms with Crippen molar-refractivity contribution in [3.05, 3.63) is 59.7 Å². The molecule has 0 unspecified atom stereocenters. The van der Waals surface area contributed by atoms with E-state index in [1.165, 1.54) is 18.2 Å². The molecule has 0 atom stereocenters. The number of nitrogens with zero attached hydrogens (tertiary/aromatic N) is 3. The van der Waals surface area contributed by atoms with Crippen LogP contribution >= 0.6 is 0 Å². The second kappa shape index (κ2) is 8.59. The molecule has 0 saturated heterocycles. The van der Waals surface area contributed by atoms with Gasteiger partial charge in [-0.2, -0.15) is 0 Å². The van der Waals surface area contributed by atoms with E-state index >= 15 is 0 Å². The highest BCUT2D eigenvalue weighted by molar-refractivity contribution is 5.97. The molecule has 1 aliphatic rings. The number of benzene rings is 1. The minimum absolute atomic E-state index is 0.0250. The van der Waals surface area contributed by atoms with Gasteiger partial charge in [-0.1, -0.05) is 19.9 Å². The molecule has 6 heteroatoms. The first-order valence-electron chi connectivity index (χ1n) is 9.79. The monoisotopic (exact) mass is 385 g/mol. The molecule has 1 fully saturated rings. The van der Waals surface area contributed by atoms with Crippen molar-refractivity contribution in [3.8, 4) is 0 Å². The molecule has 2 amide bonds. The Morgan fingerprint density at radius 2 is 1.96 bits per heavy atom. The highest BCUT2D eigenvalue weighted by Gasteiger charge is 2.35. The molecule has 150 valence electrons. The van der Waals surface area contributed by atoms with Gasteiger partial charge in [-0.05, 0) is 49.1 Å². The Morgan fingerprint density at radius 1 is 1.21 bits per heavy atom. The number of rotatable bonds is 8. The Kier molecular flexibility index (Phi) is 6.17. The first-order valence-corrected chi connectivity index (χ1v) is 9.79. The van der Waals surface area contributed by atoms with E-state index in [0.717, 1.165) is 18.5 Å². The van der Waals surface area contributed by atoms with Gasteiger partial charge < -0.3 is 14.4 Å². The minimum atomic E-state index is -0.446. The van der Waals surface area contributed by atoms with E-state index in [-0.39, 0.29) is 30.0 Å². The number of aryl methyl sites for hydroxylation is 1. The number of halogens is 1. The van der Waals surface area contributed by atoms with Crippen LogP contribution in [0.25, 0.3) is 0 Å². The lowest BCUT2D eigenvalue weighted by Crippen LogP contribution is -2.45. The van der Waals surface area contributed by atoms with Gasteiger partial charge in [0.1, 0.15) is 12.4 Å². The molecule has 1 aromatic heterocycles. The van der Waals surface area contributed by atoms with E-state index in [1.807, 2.05) is 34.8 Å². The van der Waals surface area contributed by atoms with Crippen molar-refractivity contribution in [2.75, 3.05) is 13.1 Å². The Bertz CT molecular complexity index is 842. The first-order chi connectivity index (χ1) is 13.3. The van der Waals surface area contributed by atoms with Crippen LogP contribution in [0.5, 0.6) is 0 Å². The fourth-order valence-corrected chi connectivity index (χ4v) is 3.34. The third kappa shape index (κ3) is 5.00. The Morgan fingerprint density at radius 3 is 2.54 bits per heavy atom. The van der Waals surface area contributed by atoms with Crippen LogP contribution in [0.4, 0.5) is 4.39 Å². The Balaban J connectivity index is 1.75. The predicted molar refractivity (Wildman–Crippen MR) is 106 cm³/mol. The van der Waals surface area contributed by atoms with Crippen molar-refractivity contribution < 1.29 is 14.0 Å². The summed E-state index contributed by atoms with van der Waals surface area (Å²) < 4.78 is 15.5. The van der Waals surface area contributed by atoms with Gasteiger partial charge in [0.05, 0.1) is 6.54 Å². The molecule has 5 nitrogen and oxygen atoms in total. The lowest BCUT2D eigenvalue weighted by molar-refractivity contribution is -0.133. The molecular formula is C22H28FN3O2. The van der Waals surface area contributed by atoms with Crippen molar-refractivity contribution in [2.24, 2.45) is 13.0 Å². The van der Waals surface area contributed by atoms with E-state index < -0.39 is 5.82 Å². The number of hydrogen-bond acceptors (Lipinski definition) is 2. The van der Waals surface area contributed by atoms with Gasteiger partial charge in [-0.15, -0.1) is 0 Å². The largest absolute Gasteiger partial charge is 0.353 e.